The molecule has 0 heterocycles. The maximum Gasteiger partial charge on any atom is 0.263 e. The minimum absolute atomic E-state index is 0.0988. The Balaban J connectivity index is 2.90. The lowest BCUT2D eigenvalue weighted by Gasteiger charge is -2.08. The Kier molecular flexibility index (Phi) is 3.41. The summed E-state index contributed by atoms with van der Waals surface area (Å²) in [6.45, 7) is 1.79. The summed E-state index contributed by atoms with van der Waals surface area (Å²) in [5, 5.41) is 9.40. The zero-order chi connectivity index (χ0) is 10.7. The Morgan fingerprint density at radius 3 is 2.50 bits per heavy atom. The molecule has 1 atom stereocenters. The number of rotatable bonds is 3. The second kappa shape index (κ2) is 4.37. The average Bonchev–Trinajstić information content (AvgIpc) is 2.07. The molecule has 0 fully saturated rings. The lowest BCUT2D eigenvalue weighted by molar-refractivity contribution is 0.151. The van der Waals surface area contributed by atoms with Gasteiger partial charge in [0.2, 0.25) is 0 Å². The van der Waals surface area contributed by atoms with Crippen molar-refractivity contribution < 1.29 is 13.9 Å². The standard InChI is InChI=1S/C10H13F2NO/c1-6(13)4-7-2-3-8(10(11)12)5-9(7)14/h2-3,5-6,10,14H,4,13H2,1H3. The van der Waals surface area contributed by atoms with Crippen LogP contribution in [0.15, 0.2) is 18.2 Å². The first-order chi connectivity index (χ1) is 6.50. The summed E-state index contributed by atoms with van der Waals surface area (Å²) in [4.78, 5) is 0. The molecule has 1 unspecified atom stereocenters. The minimum Gasteiger partial charge on any atom is -0.508 e. The van der Waals surface area contributed by atoms with Gasteiger partial charge in [-0.05, 0) is 25.0 Å². The van der Waals surface area contributed by atoms with E-state index in [1.54, 1.807) is 6.92 Å². The summed E-state index contributed by atoms with van der Waals surface area (Å²) in [5.74, 6) is -0.111. The predicted octanol–water partition coefficient (Wildman–Crippen LogP) is 2.22. The van der Waals surface area contributed by atoms with Gasteiger partial charge in [-0.2, -0.15) is 0 Å². The highest BCUT2D eigenvalue weighted by Crippen LogP contribution is 2.26. The van der Waals surface area contributed by atoms with Crippen molar-refractivity contribution in [1.82, 2.24) is 0 Å². The Hall–Kier alpha value is -1.16. The third kappa shape index (κ3) is 2.67. The Bertz CT molecular complexity index is 313. The number of nitrogens with two attached hydrogens (primary N) is 1. The molecule has 0 aromatic heterocycles. The third-order valence-electron chi connectivity index (χ3n) is 1.90. The van der Waals surface area contributed by atoms with E-state index in [-0.39, 0.29) is 17.4 Å². The molecule has 78 valence electrons. The normalized spacial score (nSPS) is 13.2. The average molecular weight is 201 g/mol. The topological polar surface area (TPSA) is 46.2 Å². The highest BCUT2D eigenvalue weighted by Gasteiger charge is 2.10. The van der Waals surface area contributed by atoms with Crippen LogP contribution >= 0.6 is 0 Å². The second-order valence-electron chi connectivity index (χ2n) is 3.37. The molecule has 1 rings (SSSR count). The van der Waals surface area contributed by atoms with E-state index in [9.17, 15) is 13.9 Å². The first kappa shape index (κ1) is 10.9. The number of hydrogen-bond acceptors (Lipinski definition) is 2. The van der Waals surface area contributed by atoms with Crippen LogP contribution in [0.3, 0.4) is 0 Å². The molecule has 1 aromatic carbocycles. The molecule has 0 saturated heterocycles. The van der Waals surface area contributed by atoms with E-state index in [0.717, 1.165) is 6.07 Å². The molecule has 0 aliphatic heterocycles. The smallest absolute Gasteiger partial charge is 0.263 e. The number of phenolic OH excluding ortho intramolecular Hbond substituents is 1. The summed E-state index contributed by atoms with van der Waals surface area (Å²) in [6, 6.07) is 3.78. The van der Waals surface area contributed by atoms with Crippen LogP contribution < -0.4 is 5.73 Å². The first-order valence-corrected chi connectivity index (χ1v) is 4.36. The lowest BCUT2D eigenvalue weighted by Crippen LogP contribution is -2.17. The second-order valence-corrected chi connectivity index (χ2v) is 3.37. The number of hydrogen-bond donors (Lipinski definition) is 2. The van der Waals surface area contributed by atoms with E-state index in [0.29, 0.717) is 12.0 Å². The van der Waals surface area contributed by atoms with Crippen molar-refractivity contribution in [1.29, 1.82) is 0 Å². The number of benzene rings is 1. The van der Waals surface area contributed by atoms with Gasteiger partial charge in [0.15, 0.2) is 0 Å². The van der Waals surface area contributed by atoms with Gasteiger partial charge < -0.3 is 10.8 Å². The molecule has 0 aliphatic carbocycles. The monoisotopic (exact) mass is 201 g/mol. The maximum atomic E-state index is 12.2. The van der Waals surface area contributed by atoms with Crippen LogP contribution in [0.4, 0.5) is 8.78 Å². The summed E-state index contributed by atoms with van der Waals surface area (Å²) in [7, 11) is 0. The molecular formula is C10H13F2NO. The summed E-state index contributed by atoms with van der Waals surface area (Å²) >= 11 is 0. The molecule has 2 nitrogen and oxygen atoms in total. The van der Waals surface area contributed by atoms with Gasteiger partial charge in [0.25, 0.3) is 6.43 Å². The zero-order valence-electron chi connectivity index (χ0n) is 7.87. The third-order valence-corrected chi connectivity index (χ3v) is 1.90. The number of phenols is 1. The van der Waals surface area contributed by atoms with Crippen molar-refractivity contribution in [2.75, 3.05) is 0 Å². The van der Waals surface area contributed by atoms with Crippen molar-refractivity contribution in [2.24, 2.45) is 5.73 Å². The Morgan fingerprint density at radius 1 is 1.43 bits per heavy atom. The van der Waals surface area contributed by atoms with Crippen LogP contribution in [-0.4, -0.2) is 11.1 Å². The molecule has 14 heavy (non-hydrogen) atoms. The molecule has 3 N–H and O–H groups in total. The van der Waals surface area contributed by atoms with Gasteiger partial charge in [-0.1, -0.05) is 12.1 Å². The van der Waals surface area contributed by atoms with Gasteiger partial charge in [-0.3, -0.25) is 0 Å². The zero-order valence-corrected chi connectivity index (χ0v) is 7.87. The van der Waals surface area contributed by atoms with Crippen molar-refractivity contribution in [3.05, 3.63) is 29.3 Å². The van der Waals surface area contributed by atoms with Gasteiger partial charge in [0, 0.05) is 11.6 Å². The molecule has 4 heteroatoms. The SMILES string of the molecule is CC(N)Cc1ccc(C(F)F)cc1O. The van der Waals surface area contributed by atoms with E-state index < -0.39 is 6.43 Å². The summed E-state index contributed by atoms with van der Waals surface area (Å²) in [5.41, 5.74) is 5.96. The van der Waals surface area contributed by atoms with Crippen LogP contribution in [0.2, 0.25) is 0 Å². The minimum atomic E-state index is -2.55. The van der Waals surface area contributed by atoms with Crippen LogP contribution in [-0.2, 0) is 6.42 Å². The largest absolute Gasteiger partial charge is 0.508 e. The van der Waals surface area contributed by atoms with Crippen molar-refractivity contribution in [3.63, 3.8) is 0 Å². The fraction of sp³-hybridized carbons (Fsp3) is 0.400. The fourth-order valence-electron chi connectivity index (χ4n) is 1.24. The number of halogens is 2. The Labute approximate surface area is 81.4 Å². The van der Waals surface area contributed by atoms with Crippen molar-refractivity contribution >= 4 is 0 Å². The molecule has 0 aliphatic rings. The highest BCUT2D eigenvalue weighted by atomic mass is 19.3. The summed E-state index contributed by atoms with van der Waals surface area (Å²) < 4.78 is 24.4. The highest BCUT2D eigenvalue weighted by molar-refractivity contribution is 5.37. The molecule has 0 bridgehead atoms. The Morgan fingerprint density at radius 2 is 2.07 bits per heavy atom. The van der Waals surface area contributed by atoms with Crippen LogP contribution in [0.1, 0.15) is 24.5 Å². The molecule has 1 aromatic rings. The van der Waals surface area contributed by atoms with E-state index in [1.807, 2.05) is 0 Å². The van der Waals surface area contributed by atoms with Gasteiger partial charge in [-0.15, -0.1) is 0 Å². The molecular weight excluding hydrogens is 188 g/mol. The van der Waals surface area contributed by atoms with E-state index in [1.165, 1.54) is 12.1 Å². The van der Waals surface area contributed by atoms with E-state index in [4.69, 9.17) is 5.73 Å². The van der Waals surface area contributed by atoms with Crippen molar-refractivity contribution in [2.45, 2.75) is 25.8 Å². The molecule has 0 radical (unpaired) electrons. The fourth-order valence-corrected chi connectivity index (χ4v) is 1.24. The van der Waals surface area contributed by atoms with E-state index >= 15 is 0 Å². The molecule has 0 saturated carbocycles. The lowest BCUT2D eigenvalue weighted by atomic mass is 10.0. The van der Waals surface area contributed by atoms with Gasteiger partial charge in [0.1, 0.15) is 5.75 Å². The predicted molar refractivity (Wildman–Crippen MR) is 50.4 cm³/mol. The maximum absolute atomic E-state index is 12.2. The van der Waals surface area contributed by atoms with Crippen LogP contribution in [0, 0.1) is 0 Å². The van der Waals surface area contributed by atoms with Crippen LogP contribution in [0.5, 0.6) is 5.75 Å². The number of alkyl halides is 2. The quantitative estimate of drug-likeness (QED) is 0.787. The number of aromatic hydroxyl groups is 1. The molecule has 0 spiro atoms. The van der Waals surface area contributed by atoms with Gasteiger partial charge in [0.05, 0.1) is 0 Å². The van der Waals surface area contributed by atoms with E-state index in [2.05, 4.69) is 0 Å². The summed E-state index contributed by atoms with van der Waals surface area (Å²) in [6.07, 6.45) is -2.07. The first-order valence-electron chi connectivity index (χ1n) is 4.36. The van der Waals surface area contributed by atoms with Gasteiger partial charge >= 0.3 is 0 Å². The van der Waals surface area contributed by atoms with Gasteiger partial charge in [-0.25, -0.2) is 8.78 Å². The molecule has 0 amide bonds. The van der Waals surface area contributed by atoms with Crippen molar-refractivity contribution in [3.8, 4) is 5.75 Å². The van der Waals surface area contributed by atoms with Crippen LogP contribution in [0.25, 0.3) is 0 Å².